The number of ether oxygens (including phenoxy) is 1. The lowest BCUT2D eigenvalue weighted by molar-refractivity contribution is 0.0953. The first kappa shape index (κ1) is 17.0. The van der Waals surface area contributed by atoms with Gasteiger partial charge in [-0.1, -0.05) is 18.2 Å². The van der Waals surface area contributed by atoms with Gasteiger partial charge in [-0.15, -0.1) is 6.58 Å². The fourth-order valence-electron chi connectivity index (χ4n) is 2.67. The molecule has 1 amide bonds. The van der Waals surface area contributed by atoms with E-state index in [0.29, 0.717) is 12.2 Å². The maximum atomic E-state index is 11.9. The maximum absolute atomic E-state index is 11.9. The second-order valence-corrected chi connectivity index (χ2v) is 5.67. The number of hydrogen-bond acceptors (Lipinski definition) is 5. The quantitative estimate of drug-likeness (QED) is 0.793. The van der Waals surface area contributed by atoms with Crippen molar-refractivity contribution >= 4 is 23.0 Å². The van der Waals surface area contributed by atoms with Crippen LogP contribution in [0.1, 0.15) is 10.5 Å². The Morgan fingerprint density at radius 3 is 2.76 bits per heavy atom. The smallest absolute Gasteiger partial charge is 0.270 e. The number of anilines is 3. The Hall–Kier alpha value is -2.86. The number of benzene rings is 1. The molecule has 1 saturated heterocycles. The number of nitrogens with zero attached hydrogens (tertiary/aromatic N) is 2. The summed E-state index contributed by atoms with van der Waals surface area (Å²) in [5.74, 6) is -0.208. The average Bonchev–Trinajstić information content (AvgIpc) is 2.68. The minimum atomic E-state index is -0.208. The molecule has 3 rings (SSSR count). The van der Waals surface area contributed by atoms with Gasteiger partial charge in [0.1, 0.15) is 5.69 Å². The van der Waals surface area contributed by atoms with E-state index in [0.717, 1.165) is 43.4 Å². The van der Waals surface area contributed by atoms with Crippen molar-refractivity contribution in [2.75, 3.05) is 43.1 Å². The van der Waals surface area contributed by atoms with Crippen molar-refractivity contribution in [3.63, 3.8) is 0 Å². The summed E-state index contributed by atoms with van der Waals surface area (Å²) in [6.07, 6.45) is 3.30. The summed E-state index contributed by atoms with van der Waals surface area (Å²) in [4.78, 5) is 18.4. The Morgan fingerprint density at radius 1 is 1.24 bits per heavy atom. The SMILES string of the molecule is C=CCNC(=O)c1ccc(Nc2ccccc2N2CCOCC2)cn1. The zero-order chi connectivity index (χ0) is 17.5. The number of carbonyl (C=O) groups excluding carboxylic acids is 1. The van der Waals surface area contributed by atoms with Crippen molar-refractivity contribution in [3.05, 3.63) is 60.9 Å². The van der Waals surface area contributed by atoms with Crippen LogP contribution in [0.4, 0.5) is 17.1 Å². The first-order valence-corrected chi connectivity index (χ1v) is 8.32. The van der Waals surface area contributed by atoms with Crippen molar-refractivity contribution < 1.29 is 9.53 Å². The Kier molecular flexibility index (Phi) is 5.64. The van der Waals surface area contributed by atoms with Gasteiger partial charge in [0.25, 0.3) is 5.91 Å². The molecule has 0 atom stereocenters. The highest BCUT2D eigenvalue weighted by atomic mass is 16.5. The van der Waals surface area contributed by atoms with E-state index in [1.165, 1.54) is 0 Å². The number of aromatic nitrogens is 1. The molecule has 0 bridgehead atoms. The summed E-state index contributed by atoms with van der Waals surface area (Å²) in [7, 11) is 0. The zero-order valence-corrected chi connectivity index (χ0v) is 14.1. The van der Waals surface area contributed by atoms with Crippen LogP contribution >= 0.6 is 0 Å². The van der Waals surface area contributed by atoms with E-state index in [1.54, 1.807) is 18.3 Å². The molecule has 0 unspecified atom stereocenters. The Bertz CT molecular complexity index is 724. The molecule has 1 aromatic carbocycles. The Labute approximate surface area is 147 Å². The largest absolute Gasteiger partial charge is 0.378 e. The zero-order valence-electron chi connectivity index (χ0n) is 14.1. The van der Waals surface area contributed by atoms with Gasteiger partial charge in [0.15, 0.2) is 0 Å². The van der Waals surface area contributed by atoms with Crippen LogP contribution in [0.15, 0.2) is 55.3 Å². The Balaban J connectivity index is 1.72. The molecule has 0 radical (unpaired) electrons. The lowest BCUT2D eigenvalue weighted by Crippen LogP contribution is -2.36. The van der Waals surface area contributed by atoms with E-state index in [-0.39, 0.29) is 5.91 Å². The van der Waals surface area contributed by atoms with Gasteiger partial charge in [-0.05, 0) is 24.3 Å². The number of pyridine rings is 1. The third-order valence-corrected chi connectivity index (χ3v) is 3.94. The lowest BCUT2D eigenvalue weighted by Gasteiger charge is -2.30. The van der Waals surface area contributed by atoms with Crippen LogP contribution in [0, 0.1) is 0 Å². The van der Waals surface area contributed by atoms with Gasteiger partial charge in [-0.2, -0.15) is 0 Å². The molecule has 1 aliphatic rings. The van der Waals surface area contributed by atoms with Crippen LogP contribution in [0.5, 0.6) is 0 Å². The highest BCUT2D eigenvalue weighted by molar-refractivity contribution is 5.92. The fourth-order valence-corrected chi connectivity index (χ4v) is 2.67. The number of morpholine rings is 1. The average molecular weight is 338 g/mol. The molecule has 0 spiro atoms. The summed E-state index contributed by atoms with van der Waals surface area (Å²) in [6, 6.07) is 11.7. The lowest BCUT2D eigenvalue weighted by atomic mass is 10.2. The van der Waals surface area contributed by atoms with Crippen LogP contribution in [0.2, 0.25) is 0 Å². The first-order valence-electron chi connectivity index (χ1n) is 8.32. The normalized spacial score (nSPS) is 14.0. The second-order valence-electron chi connectivity index (χ2n) is 5.67. The van der Waals surface area contributed by atoms with Gasteiger partial charge in [0.2, 0.25) is 0 Å². The molecule has 6 heteroatoms. The number of para-hydroxylation sites is 2. The molecule has 2 N–H and O–H groups in total. The number of carbonyl (C=O) groups is 1. The van der Waals surface area contributed by atoms with Gasteiger partial charge in [0.05, 0.1) is 36.5 Å². The van der Waals surface area contributed by atoms with Gasteiger partial charge < -0.3 is 20.3 Å². The molecule has 2 heterocycles. The van der Waals surface area contributed by atoms with Crippen LogP contribution < -0.4 is 15.5 Å². The third kappa shape index (κ3) is 4.36. The van der Waals surface area contributed by atoms with E-state index >= 15 is 0 Å². The van der Waals surface area contributed by atoms with E-state index in [1.807, 2.05) is 24.3 Å². The highest BCUT2D eigenvalue weighted by Gasteiger charge is 2.14. The minimum Gasteiger partial charge on any atom is -0.378 e. The summed E-state index contributed by atoms with van der Waals surface area (Å²) < 4.78 is 5.43. The summed E-state index contributed by atoms with van der Waals surface area (Å²) in [5.41, 5.74) is 3.36. The monoisotopic (exact) mass is 338 g/mol. The van der Waals surface area contributed by atoms with Gasteiger partial charge >= 0.3 is 0 Å². The molecule has 130 valence electrons. The van der Waals surface area contributed by atoms with Crippen molar-refractivity contribution in [3.8, 4) is 0 Å². The summed E-state index contributed by atoms with van der Waals surface area (Å²) >= 11 is 0. The molecule has 2 aromatic rings. The summed E-state index contributed by atoms with van der Waals surface area (Å²) in [6.45, 7) is 7.23. The molecule has 1 aliphatic heterocycles. The Morgan fingerprint density at radius 2 is 2.04 bits per heavy atom. The van der Waals surface area contributed by atoms with Crippen molar-refractivity contribution in [2.45, 2.75) is 0 Å². The van der Waals surface area contributed by atoms with E-state index < -0.39 is 0 Å². The number of hydrogen-bond donors (Lipinski definition) is 2. The highest BCUT2D eigenvalue weighted by Crippen LogP contribution is 2.29. The summed E-state index contributed by atoms with van der Waals surface area (Å²) in [5, 5.41) is 6.10. The van der Waals surface area contributed by atoms with Gasteiger partial charge in [-0.25, -0.2) is 4.98 Å². The molecule has 0 saturated carbocycles. The molecule has 0 aliphatic carbocycles. The number of rotatable bonds is 6. The van der Waals surface area contributed by atoms with Crippen molar-refractivity contribution in [2.24, 2.45) is 0 Å². The molecular formula is C19H22N4O2. The predicted octanol–water partition coefficient (Wildman–Crippen LogP) is 2.58. The van der Waals surface area contributed by atoms with Gasteiger partial charge in [0, 0.05) is 19.6 Å². The molecular weight excluding hydrogens is 316 g/mol. The van der Waals surface area contributed by atoms with E-state index in [4.69, 9.17) is 4.74 Å². The van der Waals surface area contributed by atoms with E-state index in [9.17, 15) is 4.79 Å². The van der Waals surface area contributed by atoms with Crippen LogP contribution in [0.25, 0.3) is 0 Å². The fraction of sp³-hybridized carbons (Fsp3) is 0.263. The van der Waals surface area contributed by atoms with Crippen molar-refractivity contribution in [1.82, 2.24) is 10.3 Å². The van der Waals surface area contributed by atoms with Crippen LogP contribution in [-0.4, -0.2) is 43.7 Å². The predicted molar refractivity (Wildman–Crippen MR) is 99.5 cm³/mol. The minimum absolute atomic E-state index is 0.208. The first-order chi connectivity index (χ1) is 12.3. The maximum Gasteiger partial charge on any atom is 0.270 e. The number of amides is 1. The second kappa shape index (κ2) is 8.30. The van der Waals surface area contributed by atoms with Crippen LogP contribution in [-0.2, 0) is 4.74 Å². The van der Waals surface area contributed by atoms with Crippen molar-refractivity contribution in [1.29, 1.82) is 0 Å². The molecule has 1 fully saturated rings. The third-order valence-electron chi connectivity index (χ3n) is 3.94. The van der Waals surface area contributed by atoms with E-state index in [2.05, 4.69) is 33.2 Å². The molecule has 25 heavy (non-hydrogen) atoms. The van der Waals surface area contributed by atoms with Crippen LogP contribution in [0.3, 0.4) is 0 Å². The molecule has 1 aromatic heterocycles. The molecule has 6 nitrogen and oxygen atoms in total. The number of nitrogens with one attached hydrogen (secondary N) is 2. The standard InChI is InChI=1S/C19H22N4O2/c1-2-9-20-19(24)17-8-7-15(14-21-17)22-16-5-3-4-6-18(16)23-10-12-25-13-11-23/h2-8,14,22H,1,9-13H2,(H,20,24). The van der Waals surface area contributed by atoms with Gasteiger partial charge in [-0.3, -0.25) is 4.79 Å². The topological polar surface area (TPSA) is 66.5 Å².